The number of hydrogen-bond acceptors (Lipinski definition) is 2. The molecule has 1 aromatic rings. The number of sulfonamides is 1. The molecule has 0 saturated heterocycles. The molecule has 0 aliphatic rings. The highest BCUT2D eigenvalue weighted by Gasteiger charge is 2.07. The maximum Gasteiger partial charge on any atom is 0.282 e. The highest BCUT2D eigenvalue weighted by atomic mass is 32.2. The van der Waals surface area contributed by atoms with Gasteiger partial charge in [-0.25, -0.2) is 4.39 Å². The molecule has 0 aromatic heterocycles. The molecule has 0 amide bonds. The predicted molar refractivity (Wildman–Crippen MR) is 55.9 cm³/mol. The number of hydrogen-bond donors (Lipinski definition) is 0. The second kappa shape index (κ2) is 4.43. The van der Waals surface area contributed by atoms with E-state index in [1.165, 1.54) is 38.4 Å². The van der Waals surface area contributed by atoms with Crippen LogP contribution in [0.3, 0.4) is 0 Å². The van der Waals surface area contributed by atoms with E-state index < -0.39 is 10.0 Å². The van der Waals surface area contributed by atoms with Crippen molar-refractivity contribution in [3.63, 3.8) is 0 Å². The van der Waals surface area contributed by atoms with E-state index in [9.17, 15) is 12.8 Å². The summed E-state index contributed by atoms with van der Waals surface area (Å²) in [5.74, 6) is 2.07. The minimum Gasteiger partial charge on any atom is -0.207 e. The van der Waals surface area contributed by atoms with E-state index in [2.05, 4.69) is 11.2 Å². The van der Waals surface area contributed by atoms with Gasteiger partial charge in [-0.3, -0.25) is 0 Å². The van der Waals surface area contributed by atoms with Crippen LogP contribution >= 0.6 is 0 Å². The molecule has 0 N–H and O–H groups in total. The Hall–Kier alpha value is -1.38. The molecule has 1 rings (SSSR count). The van der Waals surface area contributed by atoms with Crippen LogP contribution in [0.2, 0.25) is 0 Å². The van der Waals surface area contributed by atoms with Crippen LogP contribution in [0.15, 0.2) is 24.3 Å². The highest BCUT2D eigenvalue weighted by molar-refractivity contribution is 7.93. The van der Waals surface area contributed by atoms with Gasteiger partial charge in [-0.15, -0.1) is 0 Å². The van der Waals surface area contributed by atoms with Crippen LogP contribution in [0.5, 0.6) is 0 Å². The molecule has 80 valence electrons. The van der Waals surface area contributed by atoms with Gasteiger partial charge >= 0.3 is 0 Å². The van der Waals surface area contributed by atoms with E-state index in [-0.39, 0.29) is 5.82 Å². The number of halogens is 1. The zero-order valence-corrected chi connectivity index (χ0v) is 9.18. The molecule has 5 heteroatoms. The lowest BCUT2D eigenvalue weighted by molar-refractivity contribution is 0.533. The zero-order chi connectivity index (χ0) is 11.5. The molecular weight excluding hydrogens is 217 g/mol. The molecule has 0 unspecified atom stereocenters. The van der Waals surface area contributed by atoms with Crippen LogP contribution in [0.4, 0.5) is 4.39 Å². The second-order valence-electron chi connectivity index (χ2n) is 3.02. The smallest absolute Gasteiger partial charge is 0.207 e. The van der Waals surface area contributed by atoms with Crippen LogP contribution in [0.1, 0.15) is 5.56 Å². The average Bonchev–Trinajstić information content (AvgIpc) is 2.17. The van der Waals surface area contributed by atoms with Gasteiger partial charge in [0.05, 0.1) is 0 Å². The van der Waals surface area contributed by atoms with E-state index in [1.807, 2.05) is 0 Å². The molecule has 15 heavy (non-hydrogen) atoms. The molecule has 0 aliphatic heterocycles. The van der Waals surface area contributed by atoms with Crippen molar-refractivity contribution >= 4 is 10.0 Å². The van der Waals surface area contributed by atoms with Gasteiger partial charge in [-0.05, 0) is 30.2 Å². The Morgan fingerprint density at radius 1 is 1.20 bits per heavy atom. The summed E-state index contributed by atoms with van der Waals surface area (Å²) in [6.07, 6.45) is 0. The van der Waals surface area contributed by atoms with Crippen molar-refractivity contribution < 1.29 is 12.8 Å². The summed E-state index contributed by atoms with van der Waals surface area (Å²) >= 11 is 0. The molecule has 0 aliphatic carbocycles. The fraction of sp³-hybridized carbons (Fsp3) is 0.200. The summed E-state index contributed by atoms with van der Waals surface area (Å²) in [5, 5.41) is 2.12. The molecule has 0 fully saturated rings. The molecule has 0 radical (unpaired) electrons. The molecule has 0 bridgehead atoms. The summed E-state index contributed by atoms with van der Waals surface area (Å²) in [5.41, 5.74) is 0.460. The lowest BCUT2D eigenvalue weighted by atomic mass is 10.2. The molecule has 1 aromatic carbocycles. The summed E-state index contributed by atoms with van der Waals surface area (Å²) in [6, 6.07) is 5.31. The fourth-order valence-corrected chi connectivity index (χ4v) is 1.18. The van der Waals surface area contributed by atoms with E-state index in [0.29, 0.717) is 5.56 Å². The first kappa shape index (κ1) is 11.7. The van der Waals surface area contributed by atoms with Crippen LogP contribution in [0, 0.1) is 17.0 Å². The Bertz CT molecular complexity index is 494. The standard InChI is InChI=1S/C10H10FNO2S/c1-12(2)15(13,14)8-7-9-3-5-10(11)6-4-9/h3-6H,1-2H3. The first-order chi connectivity index (χ1) is 6.92. The Kier molecular flexibility index (Phi) is 3.45. The maximum atomic E-state index is 12.5. The van der Waals surface area contributed by atoms with Crippen LogP contribution in [-0.4, -0.2) is 26.8 Å². The van der Waals surface area contributed by atoms with Crippen molar-refractivity contribution in [2.24, 2.45) is 0 Å². The van der Waals surface area contributed by atoms with Crippen LogP contribution < -0.4 is 0 Å². The minimum atomic E-state index is -3.53. The van der Waals surface area contributed by atoms with Gasteiger partial charge in [-0.2, -0.15) is 12.7 Å². The van der Waals surface area contributed by atoms with Crippen molar-refractivity contribution in [3.8, 4) is 11.2 Å². The normalized spacial score (nSPS) is 10.9. The first-order valence-corrected chi connectivity index (χ1v) is 5.56. The van der Waals surface area contributed by atoms with E-state index in [1.54, 1.807) is 0 Å². The molecule has 0 atom stereocenters. The predicted octanol–water partition coefficient (Wildman–Crippen LogP) is 1.03. The van der Waals surface area contributed by atoms with Gasteiger partial charge in [-0.1, -0.05) is 0 Å². The van der Waals surface area contributed by atoms with Gasteiger partial charge in [0, 0.05) is 24.9 Å². The van der Waals surface area contributed by atoms with E-state index in [0.717, 1.165) is 4.31 Å². The zero-order valence-electron chi connectivity index (χ0n) is 8.36. The first-order valence-electron chi connectivity index (χ1n) is 4.12. The lowest BCUT2D eigenvalue weighted by Gasteiger charge is -2.02. The summed E-state index contributed by atoms with van der Waals surface area (Å²) in [7, 11) is -0.733. The molecule has 3 nitrogen and oxygen atoms in total. The summed E-state index contributed by atoms with van der Waals surface area (Å²) in [6.45, 7) is 0. The summed E-state index contributed by atoms with van der Waals surface area (Å²) < 4.78 is 36.0. The monoisotopic (exact) mass is 227 g/mol. The van der Waals surface area contributed by atoms with E-state index >= 15 is 0 Å². The van der Waals surface area contributed by atoms with Gasteiger partial charge < -0.3 is 0 Å². The SMILES string of the molecule is CN(C)S(=O)(=O)C#Cc1ccc(F)cc1. The quantitative estimate of drug-likeness (QED) is 0.672. The Morgan fingerprint density at radius 3 is 2.20 bits per heavy atom. The topological polar surface area (TPSA) is 37.4 Å². The van der Waals surface area contributed by atoms with Gasteiger partial charge in [0.15, 0.2) is 0 Å². The summed E-state index contributed by atoms with van der Waals surface area (Å²) in [4.78, 5) is 0. The second-order valence-corrected chi connectivity index (χ2v) is 4.91. The Morgan fingerprint density at radius 2 is 1.73 bits per heavy atom. The maximum absolute atomic E-state index is 12.5. The van der Waals surface area contributed by atoms with E-state index in [4.69, 9.17) is 0 Å². The third kappa shape index (κ3) is 3.35. The molecule has 0 saturated carbocycles. The fourth-order valence-electron chi connectivity index (χ4n) is 0.748. The van der Waals surface area contributed by atoms with Crippen molar-refractivity contribution in [3.05, 3.63) is 35.6 Å². The van der Waals surface area contributed by atoms with Gasteiger partial charge in [0.1, 0.15) is 5.82 Å². The third-order valence-electron chi connectivity index (χ3n) is 1.65. The molecule has 0 heterocycles. The van der Waals surface area contributed by atoms with Crippen LogP contribution in [-0.2, 0) is 10.0 Å². The van der Waals surface area contributed by atoms with Crippen molar-refractivity contribution in [1.82, 2.24) is 4.31 Å². The van der Waals surface area contributed by atoms with Crippen LogP contribution in [0.25, 0.3) is 0 Å². The molecule has 0 spiro atoms. The number of rotatable bonds is 1. The average molecular weight is 227 g/mol. The third-order valence-corrected chi connectivity index (χ3v) is 2.97. The highest BCUT2D eigenvalue weighted by Crippen LogP contribution is 2.01. The largest absolute Gasteiger partial charge is 0.282 e. The Balaban J connectivity index is 2.97. The van der Waals surface area contributed by atoms with Crippen molar-refractivity contribution in [2.75, 3.05) is 14.1 Å². The minimum absolute atomic E-state index is 0.379. The Labute approximate surface area is 88.6 Å². The molecular formula is C10H10FNO2S. The van der Waals surface area contributed by atoms with Gasteiger partial charge in [0.25, 0.3) is 10.0 Å². The lowest BCUT2D eigenvalue weighted by Crippen LogP contribution is -2.19. The van der Waals surface area contributed by atoms with Gasteiger partial charge in [0.2, 0.25) is 0 Å². The van der Waals surface area contributed by atoms with Crippen molar-refractivity contribution in [1.29, 1.82) is 0 Å². The number of benzene rings is 1. The van der Waals surface area contributed by atoms with Crippen molar-refractivity contribution in [2.45, 2.75) is 0 Å². The number of nitrogens with zero attached hydrogens (tertiary/aromatic N) is 1.